The van der Waals surface area contributed by atoms with Gasteiger partial charge in [-0.2, -0.15) is 0 Å². The summed E-state index contributed by atoms with van der Waals surface area (Å²) in [6.45, 7) is 0.505. The molecule has 0 saturated carbocycles. The topological polar surface area (TPSA) is 94.5 Å². The molecule has 130 valence electrons. The first-order valence-electron chi connectivity index (χ1n) is 7.71. The van der Waals surface area contributed by atoms with Gasteiger partial charge < -0.3 is 15.5 Å². The lowest BCUT2D eigenvalue weighted by Crippen LogP contribution is -2.27. The lowest BCUT2D eigenvalue weighted by Gasteiger charge is -2.15. The number of hydrazine groups is 1. The molecule has 0 saturated heterocycles. The van der Waals surface area contributed by atoms with Crippen molar-refractivity contribution in [1.82, 2.24) is 9.99 Å². The molecule has 0 aliphatic carbocycles. The molecule has 0 amide bonds. The van der Waals surface area contributed by atoms with Crippen molar-refractivity contribution in [2.75, 3.05) is 12.4 Å². The highest BCUT2D eigenvalue weighted by Crippen LogP contribution is 2.07. The summed E-state index contributed by atoms with van der Waals surface area (Å²) in [6, 6.07) is 3.75. The number of nitrogens with two attached hydrogens (primary N) is 2. The lowest BCUT2D eigenvalue weighted by atomic mass is 10.2. The van der Waals surface area contributed by atoms with E-state index in [4.69, 9.17) is 22.7 Å². The van der Waals surface area contributed by atoms with E-state index in [1.807, 2.05) is 12.1 Å². The first-order chi connectivity index (χ1) is 11.6. The molecule has 1 aromatic heterocycles. The number of carbonyl (C=O) groups excluding carboxylic acids is 1. The first kappa shape index (κ1) is 19.9. The third kappa shape index (κ3) is 9.77. The molecule has 4 N–H and O–H groups in total. The van der Waals surface area contributed by atoms with Crippen molar-refractivity contribution in [3.8, 4) is 11.7 Å². The summed E-state index contributed by atoms with van der Waals surface area (Å²) in [5.41, 5.74) is 7.16. The molecule has 0 aliphatic rings. The summed E-state index contributed by atoms with van der Waals surface area (Å²) in [4.78, 5) is 15.6. The highest BCUT2D eigenvalue weighted by atomic mass is 32.2. The van der Waals surface area contributed by atoms with Crippen molar-refractivity contribution in [3.63, 3.8) is 0 Å². The molecule has 0 radical (unpaired) electrons. The maximum Gasteiger partial charge on any atom is 0.306 e. The Balaban J connectivity index is 2.18. The molecule has 0 spiro atoms. The Morgan fingerprint density at radius 3 is 3.00 bits per heavy atom. The number of hydrogen-bond donors (Lipinski definition) is 2. The minimum absolute atomic E-state index is 0.0342. The molecule has 24 heavy (non-hydrogen) atoms. The second kappa shape index (κ2) is 12.3. The van der Waals surface area contributed by atoms with Gasteiger partial charge in [0, 0.05) is 30.8 Å². The zero-order valence-electron chi connectivity index (χ0n) is 13.7. The smallest absolute Gasteiger partial charge is 0.306 e. The van der Waals surface area contributed by atoms with E-state index in [0.29, 0.717) is 18.7 Å². The lowest BCUT2D eigenvalue weighted by molar-refractivity contribution is -0.142. The number of unbranched alkanes of at least 4 members (excludes halogenated alkanes) is 2. The minimum Gasteiger partial charge on any atom is -0.459 e. The molecule has 1 heterocycles. The van der Waals surface area contributed by atoms with Crippen LogP contribution < -0.4 is 11.6 Å². The summed E-state index contributed by atoms with van der Waals surface area (Å²) < 4.78 is 5.12. The number of aromatic nitrogens is 1. The third-order valence-corrected chi connectivity index (χ3v) is 3.69. The van der Waals surface area contributed by atoms with E-state index in [9.17, 15) is 4.79 Å². The molecule has 1 aromatic rings. The fraction of sp³-hybridized carbons (Fsp3) is 0.412. The predicted octanol–water partition coefficient (Wildman–Crippen LogP) is 1.98. The van der Waals surface area contributed by atoms with E-state index in [-0.39, 0.29) is 12.6 Å². The average molecular weight is 348 g/mol. The Morgan fingerprint density at radius 1 is 1.46 bits per heavy atom. The van der Waals surface area contributed by atoms with E-state index < -0.39 is 0 Å². The maximum atomic E-state index is 11.6. The van der Waals surface area contributed by atoms with E-state index in [0.717, 1.165) is 30.6 Å². The van der Waals surface area contributed by atoms with Crippen molar-refractivity contribution in [2.45, 2.75) is 32.2 Å². The molecular weight excluding hydrogens is 324 g/mol. The van der Waals surface area contributed by atoms with Crippen LogP contribution in [-0.2, 0) is 16.1 Å². The Morgan fingerprint density at radius 2 is 2.29 bits per heavy atom. The van der Waals surface area contributed by atoms with Gasteiger partial charge in [-0.25, -0.2) is 5.84 Å². The Kier molecular flexibility index (Phi) is 10.2. The summed E-state index contributed by atoms with van der Waals surface area (Å²) in [6.07, 6.45) is 13.3. The van der Waals surface area contributed by atoms with Gasteiger partial charge in [0.1, 0.15) is 6.61 Å². The number of rotatable bonds is 11. The van der Waals surface area contributed by atoms with Gasteiger partial charge in [-0.1, -0.05) is 24.2 Å². The normalized spacial score (nSPS) is 10.9. The first-order valence-corrected chi connectivity index (χ1v) is 8.70. The van der Waals surface area contributed by atoms with Gasteiger partial charge in [-0.05, 0) is 29.7 Å². The molecule has 0 aliphatic heterocycles. The largest absolute Gasteiger partial charge is 0.459 e. The standard InChI is InChI=1S/C17H24N4O2S/c1-2-24-10-5-3-4-8-17(22)23-14-16(18)13-21(19)12-15-7-6-9-20-11-15/h1,6-7,9,11,13H,3-5,8,10,12,14,18-19H2/b16-13-. The van der Waals surface area contributed by atoms with Crippen molar-refractivity contribution in [3.05, 3.63) is 42.0 Å². The third-order valence-electron chi connectivity index (χ3n) is 3.03. The molecule has 0 bridgehead atoms. The van der Waals surface area contributed by atoms with Crippen LogP contribution >= 0.6 is 11.8 Å². The van der Waals surface area contributed by atoms with Gasteiger partial charge in [0.25, 0.3) is 0 Å². The van der Waals surface area contributed by atoms with Crippen LogP contribution in [0.15, 0.2) is 36.4 Å². The second-order valence-corrected chi connectivity index (χ2v) is 6.11. The van der Waals surface area contributed by atoms with Crippen LogP contribution in [0.3, 0.4) is 0 Å². The summed E-state index contributed by atoms with van der Waals surface area (Å²) in [5.74, 6) is 6.51. The monoisotopic (exact) mass is 348 g/mol. The number of nitrogens with zero attached hydrogens (tertiary/aromatic N) is 2. The summed E-state index contributed by atoms with van der Waals surface area (Å²) >= 11 is 1.45. The molecule has 1 rings (SSSR count). The number of pyridine rings is 1. The maximum absolute atomic E-state index is 11.6. The number of ether oxygens (including phenoxy) is 1. The molecule has 0 aromatic carbocycles. The Labute approximate surface area is 147 Å². The van der Waals surface area contributed by atoms with Crippen molar-refractivity contribution < 1.29 is 9.53 Å². The zero-order chi connectivity index (χ0) is 17.6. The van der Waals surface area contributed by atoms with E-state index in [1.165, 1.54) is 16.8 Å². The second-order valence-electron chi connectivity index (χ2n) is 5.18. The molecule has 0 atom stereocenters. The fourth-order valence-corrected chi connectivity index (χ4v) is 2.38. The highest BCUT2D eigenvalue weighted by molar-refractivity contribution is 8.03. The molecule has 0 fully saturated rings. The Hall–Kier alpha value is -2.17. The van der Waals surface area contributed by atoms with Crippen LogP contribution in [0.1, 0.15) is 31.2 Å². The average Bonchev–Trinajstić information content (AvgIpc) is 2.57. The van der Waals surface area contributed by atoms with Crippen molar-refractivity contribution >= 4 is 17.7 Å². The van der Waals surface area contributed by atoms with Gasteiger partial charge in [0.15, 0.2) is 0 Å². The van der Waals surface area contributed by atoms with Crippen molar-refractivity contribution in [1.29, 1.82) is 0 Å². The van der Waals surface area contributed by atoms with Gasteiger partial charge in [0.2, 0.25) is 0 Å². The van der Waals surface area contributed by atoms with Crippen LogP contribution in [0.4, 0.5) is 0 Å². The van der Waals surface area contributed by atoms with E-state index >= 15 is 0 Å². The molecule has 0 unspecified atom stereocenters. The van der Waals surface area contributed by atoms with Gasteiger partial charge in [0.05, 0.1) is 12.2 Å². The van der Waals surface area contributed by atoms with Gasteiger partial charge in [-0.3, -0.25) is 9.78 Å². The summed E-state index contributed by atoms with van der Waals surface area (Å²) in [5, 5.41) is 3.95. The van der Waals surface area contributed by atoms with Crippen molar-refractivity contribution in [2.24, 2.45) is 11.6 Å². The van der Waals surface area contributed by atoms with Gasteiger partial charge in [-0.15, -0.1) is 6.42 Å². The Bertz CT molecular complexity index is 557. The molecule has 6 nitrogen and oxygen atoms in total. The fourth-order valence-electron chi connectivity index (χ4n) is 1.91. The quantitative estimate of drug-likeness (QED) is 0.208. The number of terminal acetylenes is 1. The zero-order valence-corrected chi connectivity index (χ0v) is 14.5. The number of esters is 1. The van der Waals surface area contributed by atoms with Crippen LogP contribution in [-0.4, -0.2) is 28.3 Å². The molecule has 7 heteroatoms. The predicted molar refractivity (Wildman–Crippen MR) is 97.0 cm³/mol. The minimum atomic E-state index is -0.258. The van der Waals surface area contributed by atoms with Crippen LogP contribution in [0, 0.1) is 11.7 Å². The SMILES string of the molecule is C#CSCCCCCC(=O)OC/C(N)=C/N(N)Cc1cccnc1. The summed E-state index contributed by atoms with van der Waals surface area (Å²) in [7, 11) is 0. The van der Waals surface area contributed by atoms with E-state index in [1.54, 1.807) is 18.6 Å². The number of hydrogen-bond acceptors (Lipinski definition) is 7. The highest BCUT2D eigenvalue weighted by Gasteiger charge is 2.04. The van der Waals surface area contributed by atoms with Crippen LogP contribution in [0.5, 0.6) is 0 Å². The van der Waals surface area contributed by atoms with Gasteiger partial charge >= 0.3 is 5.97 Å². The van der Waals surface area contributed by atoms with Crippen LogP contribution in [0.25, 0.3) is 0 Å². The molecular formula is C17H24N4O2S. The van der Waals surface area contributed by atoms with E-state index in [2.05, 4.69) is 10.2 Å². The number of carbonyl (C=O) groups is 1. The number of thioether (sulfide) groups is 1. The van der Waals surface area contributed by atoms with Crippen LogP contribution in [0.2, 0.25) is 0 Å².